The molecule has 0 radical (unpaired) electrons. The molecule has 1 amide bonds. The van der Waals surface area contributed by atoms with Gasteiger partial charge in [0.2, 0.25) is 5.91 Å². The van der Waals surface area contributed by atoms with Gasteiger partial charge in [-0.25, -0.2) is 0 Å². The molecule has 0 aromatic heterocycles. The molecule has 4 saturated heterocycles. The first-order valence-electron chi connectivity index (χ1n) is 9.01. The Morgan fingerprint density at radius 1 is 1.00 bits per heavy atom. The first kappa shape index (κ1) is 14.0. The lowest BCUT2D eigenvalue weighted by Gasteiger charge is -2.36. The lowest BCUT2D eigenvalue weighted by molar-refractivity contribution is -0.142. The van der Waals surface area contributed by atoms with E-state index in [-0.39, 0.29) is 5.54 Å². The number of nitrogens with zero attached hydrogens (tertiary/aromatic N) is 3. The summed E-state index contributed by atoms with van der Waals surface area (Å²) in [6, 6.07) is 1.06. The summed E-state index contributed by atoms with van der Waals surface area (Å²) in [5.74, 6) is 0.465. The van der Waals surface area contributed by atoms with Gasteiger partial charge in [0.25, 0.3) is 0 Å². The van der Waals surface area contributed by atoms with E-state index in [1.807, 2.05) is 0 Å². The Balaban J connectivity index is 1.49. The van der Waals surface area contributed by atoms with E-state index >= 15 is 0 Å². The highest BCUT2D eigenvalue weighted by atomic mass is 16.2. The van der Waals surface area contributed by atoms with Crippen LogP contribution in [-0.2, 0) is 4.79 Å². The van der Waals surface area contributed by atoms with Crippen molar-refractivity contribution in [1.29, 1.82) is 0 Å². The van der Waals surface area contributed by atoms with Crippen LogP contribution < -0.4 is 0 Å². The summed E-state index contributed by atoms with van der Waals surface area (Å²) in [5.41, 5.74) is -0.103. The minimum absolute atomic E-state index is 0.103. The molecule has 0 spiro atoms. The van der Waals surface area contributed by atoms with Crippen LogP contribution in [0.3, 0.4) is 0 Å². The van der Waals surface area contributed by atoms with E-state index in [9.17, 15) is 4.79 Å². The van der Waals surface area contributed by atoms with Crippen molar-refractivity contribution >= 4 is 5.91 Å². The first-order chi connectivity index (χ1) is 10.2. The number of fused-ring (bicyclic) bond motifs is 1. The van der Waals surface area contributed by atoms with Crippen molar-refractivity contribution in [2.24, 2.45) is 0 Å². The van der Waals surface area contributed by atoms with Gasteiger partial charge in [0, 0.05) is 18.6 Å². The fraction of sp³-hybridized carbons (Fsp3) is 0.941. The predicted octanol–water partition coefficient (Wildman–Crippen LogP) is 1.70. The fourth-order valence-electron chi connectivity index (χ4n) is 5.38. The average Bonchev–Trinajstić information content (AvgIpc) is 3.21. The van der Waals surface area contributed by atoms with E-state index in [1.54, 1.807) is 0 Å². The van der Waals surface area contributed by atoms with E-state index < -0.39 is 0 Å². The summed E-state index contributed by atoms with van der Waals surface area (Å²) in [6.07, 6.45) is 8.49. The molecule has 2 atom stereocenters. The monoisotopic (exact) mass is 291 g/mol. The zero-order valence-corrected chi connectivity index (χ0v) is 13.4. The Morgan fingerprint density at radius 2 is 1.67 bits per heavy atom. The molecule has 4 nitrogen and oxygen atoms in total. The molecule has 0 bridgehead atoms. The molecular formula is C17H29N3O. The largest absolute Gasteiger partial charge is 0.337 e. The molecule has 0 aromatic carbocycles. The maximum absolute atomic E-state index is 13.3. The van der Waals surface area contributed by atoms with Crippen molar-refractivity contribution in [2.75, 3.05) is 32.7 Å². The van der Waals surface area contributed by atoms with Crippen molar-refractivity contribution < 1.29 is 4.79 Å². The predicted molar refractivity (Wildman–Crippen MR) is 83.2 cm³/mol. The molecule has 4 aliphatic rings. The maximum atomic E-state index is 13.3. The quantitative estimate of drug-likeness (QED) is 0.775. The molecule has 0 saturated carbocycles. The summed E-state index contributed by atoms with van der Waals surface area (Å²) >= 11 is 0. The number of likely N-dealkylation sites (tertiary alicyclic amines) is 2. The van der Waals surface area contributed by atoms with Gasteiger partial charge in [0.05, 0.1) is 0 Å². The van der Waals surface area contributed by atoms with Gasteiger partial charge in [-0.3, -0.25) is 14.6 Å². The molecule has 4 fully saturated rings. The lowest BCUT2D eigenvalue weighted by atomic mass is 9.92. The molecule has 118 valence electrons. The highest BCUT2D eigenvalue weighted by molar-refractivity contribution is 5.87. The minimum atomic E-state index is -0.103. The summed E-state index contributed by atoms with van der Waals surface area (Å²) in [4.78, 5) is 20.6. The summed E-state index contributed by atoms with van der Waals surface area (Å²) < 4.78 is 0. The van der Waals surface area contributed by atoms with Gasteiger partial charge in [0.1, 0.15) is 5.54 Å². The second-order valence-electron chi connectivity index (χ2n) is 7.66. The molecule has 0 aliphatic carbocycles. The van der Waals surface area contributed by atoms with Crippen molar-refractivity contribution in [3.8, 4) is 0 Å². The van der Waals surface area contributed by atoms with Crippen LogP contribution >= 0.6 is 0 Å². The van der Waals surface area contributed by atoms with Gasteiger partial charge >= 0.3 is 0 Å². The summed E-state index contributed by atoms with van der Waals surface area (Å²) in [7, 11) is 0. The van der Waals surface area contributed by atoms with Crippen LogP contribution in [0.5, 0.6) is 0 Å². The molecule has 4 heteroatoms. The number of carbonyl (C=O) groups excluding carboxylic acids is 1. The zero-order valence-electron chi connectivity index (χ0n) is 13.4. The Morgan fingerprint density at radius 3 is 2.33 bits per heavy atom. The van der Waals surface area contributed by atoms with Crippen LogP contribution in [-0.4, -0.2) is 71.0 Å². The summed E-state index contributed by atoms with van der Waals surface area (Å²) in [5, 5.41) is 0. The second-order valence-corrected chi connectivity index (χ2v) is 7.66. The highest BCUT2D eigenvalue weighted by Crippen LogP contribution is 2.41. The maximum Gasteiger partial charge on any atom is 0.243 e. The Bertz CT molecular complexity index is 408. The second kappa shape index (κ2) is 5.24. The number of rotatable bonds is 2. The molecule has 2 unspecified atom stereocenters. The third kappa shape index (κ3) is 2.14. The van der Waals surface area contributed by atoms with E-state index in [0.29, 0.717) is 18.0 Å². The van der Waals surface area contributed by atoms with Crippen LogP contribution in [0.25, 0.3) is 0 Å². The van der Waals surface area contributed by atoms with Gasteiger partial charge < -0.3 is 4.90 Å². The number of hydrogen-bond acceptors (Lipinski definition) is 3. The number of carbonyl (C=O) groups is 1. The van der Waals surface area contributed by atoms with Crippen LogP contribution in [0.1, 0.15) is 51.9 Å². The fourth-order valence-corrected chi connectivity index (χ4v) is 5.38. The lowest BCUT2D eigenvalue weighted by Crippen LogP contribution is -2.54. The smallest absolute Gasteiger partial charge is 0.243 e. The number of amides is 1. The van der Waals surface area contributed by atoms with E-state index in [0.717, 1.165) is 32.5 Å². The molecule has 0 N–H and O–H groups in total. The molecule has 0 aromatic rings. The molecule has 4 rings (SSSR count). The molecule has 21 heavy (non-hydrogen) atoms. The van der Waals surface area contributed by atoms with Crippen molar-refractivity contribution in [3.63, 3.8) is 0 Å². The third-order valence-electron chi connectivity index (χ3n) is 6.51. The van der Waals surface area contributed by atoms with Gasteiger partial charge in [-0.15, -0.1) is 0 Å². The Labute approximate surface area is 128 Å². The van der Waals surface area contributed by atoms with Crippen LogP contribution in [0, 0.1) is 0 Å². The van der Waals surface area contributed by atoms with Gasteiger partial charge in [-0.2, -0.15) is 0 Å². The third-order valence-corrected chi connectivity index (χ3v) is 6.51. The van der Waals surface area contributed by atoms with E-state index in [2.05, 4.69) is 21.6 Å². The van der Waals surface area contributed by atoms with Gasteiger partial charge in [0.15, 0.2) is 0 Å². The van der Waals surface area contributed by atoms with Gasteiger partial charge in [-0.05, 0) is 78.0 Å². The van der Waals surface area contributed by atoms with E-state index in [1.165, 1.54) is 45.2 Å². The molecular weight excluding hydrogens is 262 g/mol. The SMILES string of the molecule is CC1CC(N2CCCC2)CN1C(=O)C12CCCN1CCC2. The Kier molecular flexibility index (Phi) is 3.49. The number of hydrogen-bond donors (Lipinski definition) is 0. The molecule has 4 heterocycles. The standard InChI is InChI=1S/C17H29N3O/c1-14-12-15(18-8-2-3-9-18)13-20(14)16(21)17-6-4-10-19(17)11-5-7-17/h14-15H,2-13H2,1H3. The zero-order chi connectivity index (χ0) is 14.4. The normalized spacial score (nSPS) is 36.5. The molecule has 4 aliphatic heterocycles. The minimum Gasteiger partial charge on any atom is -0.337 e. The first-order valence-corrected chi connectivity index (χ1v) is 9.01. The van der Waals surface area contributed by atoms with Crippen LogP contribution in [0.4, 0.5) is 0 Å². The van der Waals surface area contributed by atoms with E-state index in [4.69, 9.17) is 0 Å². The van der Waals surface area contributed by atoms with Crippen molar-refractivity contribution in [2.45, 2.75) is 69.5 Å². The summed E-state index contributed by atoms with van der Waals surface area (Å²) in [6.45, 7) is 8.02. The average molecular weight is 291 g/mol. The van der Waals surface area contributed by atoms with Crippen LogP contribution in [0.2, 0.25) is 0 Å². The van der Waals surface area contributed by atoms with Crippen LogP contribution in [0.15, 0.2) is 0 Å². The van der Waals surface area contributed by atoms with Crippen molar-refractivity contribution in [1.82, 2.24) is 14.7 Å². The highest BCUT2D eigenvalue weighted by Gasteiger charge is 2.53. The van der Waals surface area contributed by atoms with Gasteiger partial charge in [-0.1, -0.05) is 0 Å². The van der Waals surface area contributed by atoms with Crippen molar-refractivity contribution in [3.05, 3.63) is 0 Å². The topological polar surface area (TPSA) is 26.8 Å². The Hall–Kier alpha value is -0.610.